The van der Waals surface area contributed by atoms with Gasteiger partial charge in [0, 0.05) is 18.2 Å². The van der Waals surface area contributed by atoms with Crippen LogP contribution in [0.5, 0.6) is 0 Å². The zero-order valence-corrected chi connectivity index (χ0v) is 9.08. The number of aromatic nitrogens is 2. The Bertz CT molecular complexity index is 492. The van der Waals surface area contributed by atoms with Crippen LogP contribution in [0.2, 0.25) is 0 Å². The van der Waals surface area contributed by atoms with Crippen LogP contribution < -0.4 is 11.2 Å². The Morgan fingerprint density at radius 3 is 2.62 bits per heavy atom. The quantitative estimate of drug-likeness (QED) is 0.673. The third-order valence-electron chi connectivity index (χ3n) is 2.95. The Labute approximate surface area is 91.5 Å². The Hall–Kier alpha value is -1.40. The van der Waals surface area contributed by atoms with E-state index in [1.165, 1.54) is 16.8 Å². The van der Waals surface area contributed by atoms with E-state index < -0.39 is 23.6 Å². The van der Waals surface area contributed by atoms with Crippen molar-refractivity contribution in [1.82, 2.24) is 9.55 Å². The van der Waals surface area contributed by atoms with E-state index in [9.17, 15) is 14.7 Å². The Morgan fingerprint density at radius 2 is 2.12 bits per heavy atom. The fourth-order valence-corrected chi connectivity index (χ4v) is 1.97. The number of nitrogens with one attached hydrogen (secondary N) is 1. The molecule has 1 saturated heterocycles. The van der Waals surface area contributed by atoms with Gasteiger partial charge in [-0.15, -0.1) is 0 Å². The van der Waals surface area contributed by atoms with Crippen LogP contribution in [0.1, 0.15) is 20.1 Å². The molecule has 2 rings (SSSR count). The van der Waals surface area contributed by atoms with Gasteiger partial charge in [0.2, 0.25) is 0 Å². The highest BCUT2D eigenvalue weighted by molar-refractivity contribution is 4.90. The average molecular weight is 226 g/mol. The van der Waals surface area contributed by atoms with E-state index in [4.69, 9.17) is 4.74 Å². The Balaban J connectivity index is 2.39. The van der Waals surface area contributed by atoms with Gasteiger partial charge in [-0.3, -0.25) is 14.3 Å². The Kier molecular flexibility index (Phi) is 2.69. The molecule has 6 heteroatoms. The number of hydrogen-bond acceptors (Lipinski definition) is 4. The lowest BCUT2D eigenvalue weighted by Crippen LogP contribution is -2.33. The molecule has 0 bridgehead atoms. The second-order valence-electron chi connectivity index (χ2n) is 4.10. The van der Waals surface area contributed by atoms with Crippen LogP contribution in [0.15, 0.2) is 21.9 Å². The summed E-state index contributed by atoms with van der Waals surface area (Å²) in [7, 11) is 0. The summed E-state index contributed by atoms with van der Waals surface area (Å²) in [6.45, 7) is 3.55. The number of hydrogen-bond donors (Lipinski definition) is 2. The van der Waals surface area contributed by atoms with Gasteiger partial charge in [-0.25, -0.2) is 4.79 Å². The number of aromatic amines is 1. The molecule has 0 saturated carbocycles. The molecule has 2 N–H and O–H groups in total. The third kappa shape index (κ3) is 1.70. The number of nitrogens with zero attached hydrogens (tertiary/aromatic N) is 1. The lowest BCUT2D eigenvalue weighted by atomic mass is 10.0. The second-order valence-corrected chi connectivity index (χ2v) is 4.10. The molecular formula is C10H14N2O4. The maximum absolute atomic E-state index is 11.5. The highest BCUT2D eigenvalue weighted by Crippen LogP contribution is 2.32. The smallest absolute Gasteiger partial charge is 0.330 e. The zero-order chi connectivity index (χ0) is 11.9. The van der Waals surface area contributed by atoms with Crippen molar-refractivity contribution in [1.29, 1.82) is 0 Å². The molecule has 2 heterocycles. The molecule has 1 aliphatic rings. The number of aliphatic hydroxyl groups is 1. The largest absolute Gasteiger partial charge is 0.390 e. The lowest BCUT2D eigenvalue weighted by Gasteiger charge is -2.17. The summed E-state index contributed by atoms with van der Waals surface area (Å²) in [5, 5.41) is 9.73. The standard InChI is InChI=1S/C10H14N2O4/c1-5-8(14)6(2)16-9(5)12-4-3-7(13)11-10(12)15/h3-6,8-9,14H,1-2H3,(H,11,13,15)/t5?,6?,8-,9?/m0/s1. The first-order valence-electron chi connectivity index (χ1n) is 5.15. The van der Waals surface area contributed by atoms with Gasteiger partial charge in [-0.1, -0.05) is 6.92 Å². The van der Waals surface area contributed by atoms with Crippen molar-refractivity contribution in [2.24, 2.45) is 5.92 Å². The van der Waals surface area contributed by atoms with Crippen LogP contribution in [-0.4, -0.2) is 26.9 Å². The average Bonchev–Trinajstić information content (AvgIpc) is 2.46. The summed E-state index contributed by atoms with van der Waals surface area (Å²) >= 11 is 0. The molecule has 6 nitrogen and oxygen atoms in total. The summed E-state index contributed by atoms with van der Waals surface area (Å²) in [6, 6.07) is 1.26. The van der Waals surface area contributed by atoms with Crippen LogP contribution in [-0.2, 0) is 4.74 Å². The van der Waals surface area contributed by atoms with Gasteiger partial charge in [0.15, 0.2) is 0 Å². The topological polar surface area (TPSA) is 84.3 Å². The molecular weight excluding hydrogens is 212 g/mol. The minimum Gasteiger partial charge on any atom is -0.390 e. The van der Waals surface area contributed by atoms with Crippen LogP contribution in [0.25, 0.3) is 0 Å². The molecule has 3 unspecified atom stereocenters. The predicted octanol–water partition coefficient (Wildman–Crippen LogP) is -0.549. The third-order valence-corrected chi connectivity index (χ3v) is 2.95. The van der Waals surface area contributed by atoms with Gasteiger partial charge in [0.1, 0.15) is 6.23 Å². The summed E-state index contributed by atoms with van der Waals surface area (Å²) in [5.74, 6) is -0.196. The molecule has 0 amide bonds. The fraction of sp³-hybridized carbons (Fsp3) is 0.600. The normalized spacial score (nSPS) is 34.2. The number of aliphatic hydroxyl groups excluding tert-OH is 1. The van der Waals surface area contributed by atoms with E-state index in [-0.39, 0.29) is 12.0 Å². The van der Waals surface area contributed by atoms with Crippen molar-refractivity contribution in [3.63, 3.8) is 0 Å². The summed E-state index contributed by atoms with van der Waals surface area (Å²) in [4.78, 5) is 24.6. The lowest BCUT2D eigenvalue weighted by molar-refractivity contribution is -0.0143. The second kappa shape index (κ2) is 3.88. The van der Waals surface area contributed by atoms with Crippen LogP contribution in [0.4, 0.5) is 0 Å². The SMILES string of the molecule is CC1OC(n2ccc(=O)[nH]c2=O)C(C)[C@@H]1O. The van der Waals surface area contributed by atoms with Gasteiger partial charge in [0.05, 0.1) is 12.2 Å². The van der Waals surface area contributed by atoms with E-state index in [1.807, 2.05) is 0 Å². The first-order chi connectivity index (χ1) is 7.50. The van der Waals surface area contributed by atoms with Gasteiger partial charge in [-0.05, 0) is 6.92 Å². The minimum absolute atomic E-state index is 0.196. The monoisotopic (exact) mass is 226 g/mol. The van der Waals surface area contributed by atoms with Gasteiger partial charge >= 0.3 is 5.69 Å². The van der Waals surface area contributed by atoms with Crippen molar-refractivity contribution >= 4 is 0 Å². The van der Waals surface area contributed by atoms with Crippen LogP contribution >= 0.6 is 0 Å². The van der Waals surface area contributed by atoms with Crippen LogP contribution in [0.3, 0.4) is 0 Å². The minimum atomic E-state index is -0.608. The first kappa shape index (κ1) is 11.1. The molecule has 4 atom stereocenters. The van der Waals surface area contributed by atoms with Gasteiger partial charge < -0.3 is 9.84 Å². The zero-order valence-electron chi connectivity index (χ0n) is 9.08. The maximum atomic E-state index is 11.5. The molecule has 88 valence electrons. The molecule has 0 spiro atoms. The van der Waals surface area contributed by atoms with E-state index in [1.54, 1.807) is 13.8 Å². The first-order valence-corrected chi connectivity index (χ1v) is 5.15. The van der Waals surface area contributed by atoms with Gasteiger partial charge in [0.25, 0.3) is 5.56 Å². The van der Waals surface area contributed by atoms with E-state index in [2.05, 4.69) is 4.98 Å². The molecule has 1 fully saturated rings. The highest BCUT2D eigenvalue weighted by atomic mass is 16.5. The van der Waals surface area contributed by atoms with E-state index in [0.29, 0.717) is 0 Å². The summed E-state index contributed by atoms with van der Waals surface area (Å²) in [6.07, 6.45) is -0.0791. The predicted molar refractivity (Wildman–Crippen MR) is 56.1 cm³/mol. The van der Waals surface area contributed by atoms with Crippen molar-refractivity contribution in [2.45, 2.75) is 32.3 Å². The summed E-state index contributed by atoms with van der Waals surface area (Å²) < 4.78 is 6.77. The van der Waals surface area contributed by atoms with Crippen molar-refractivity contribution in [3.8, 4) is 0 Å². The number of ether oxygens (including phenoxy) is 1. The van der Waals surface area contributed by atoms with Crippen molar-refractivity contribution in [3.05, 3.63) is 33.1 Å². The highest BCUT2D eigenvalue weighted by Gasteiger charge is 2.39. The molecule has 1 aliphatic heterocycles. The maximum Gasteiger partial charge on any atom is 0.330 e. The van der Waals surface area contributed by atoms with Crippen molar-refractivity contribution < 1.29 is 9.84 Å². The Morgan fingerprint density at radius 1 is 1.44 bits per heavy atom. The van der Waals surface area contributed by atoms with E-state index >= 15 is 0 Å². The van der Waals surface area contributed by atoms with E-state index in [0.717, 1.165) is 0 Å². The molecule has 1 aromatic heterocycles. The molecule has 0 radical (unpaired) electrons. The molecule has 16 heavy (non-hydrogen) atoms. The van der Waals surface area contributed by atoms with Gasteiger partial charge in [-0.2, -0.15) is 0 Å². The van der Waals surface area contributed by atoms with Crippen LogP contribution in [0, 0.1) is 5.92 Å². The number of rotatable bonds is 1. The molecule has 0 aromatic carbocycles. The molecule has 0 aliphatic carbocycles. The summed E-state index contributed by atoms with van der Waals surface area (Å²) in [5.41, 5.74) is -0.967. The number of H-pyrrole nitrogens is 1. The fourth-order valence-electron chi connectivity index (χ4n) is 1.97. The van der Waals surface area contributed by atoms with Crippen molar-refractivity contribution in [2.75, 3.05) is 0 Å². The molecule has 1 aromatic rings.